The highest BCUT2D eigenvalue weighted by atomic mass is 32.2. The van der Waals surface area contributed by atoms with Crippen molar-refractivity contribution in [3.05, 3.63) is 114 Å². The Morgan fingerprint density at radius 1 is 0.789 bits per heavy atom. The Balaban J connectivity index is 1.39. The normalized spacial score (nSPS) is 12.0. The number of hydrogen-bond acceptors (Lipinski definition) is 6. The quantitative estimate of drug-likeness (QED) is 0.239. The van der Waals surface area contributed by atoms with Crippen LogP contribution in [0.2, 0.25) is 0 Å². The number of carbonyl (C=O) groups is 3. The van der Waals surface area contributed by atoms with Crippen molar-refractivity contribution in [2.45, 2.75) is 17.4 Å². The van der Waals surface area contributed by atoms with Gasteiger partial charge in [0.05, 0.1) is 18.6 Å². The summed E-state index contributed by atoms with van der Waals surface area (Å²) in [5.41, 5.74) is 1.42. The Labute approximate surface area is 220 Å². The van der Waals surface area contributed by atoms with Gasteiger partial charge in [0.1, 0.15) is 6.04 Å². The number of amides is 1. The molecule has 0 aliphatic carbocycles. The van der Waals surface area contributed by atoms with E-state index in [-0.39, 0.29) is 29.2 Å². The number of hydrogen-bond donors (Lipinski definition) is 2. The number of Topliss-reactive ketones (excluding diaryl/α,β-unsaturated/α-hetero) is 1. The SMILES string of the molecule is COC(=O)C(Cc1ccccc1)NS(=O)(=O)c1ccc(C(=O)NCC(=O)c2ccc3ccccc3c2)cc1. The molecule has 0 heterocycles. The van der Waals surface area contributed by atoms with Gasteiger partial charge in [-0.1, -0.05) is 66.7 Å². The fourth-order valence-corrected chi connectivity index (χ4v) is 5.12. The van der Waals surface area contributed by atoms with Crippen LogP contribution in [0.15, 0.2) is 102 Å². The number of rotatable bonds is 10. The lowest BCUT2D eigenvalue weighted by atomic mass is 10.0. The van der Waals surface area contributed by atoms with Gasteiger partial charge >= 0.3 is 5.97 Å². The molecule has 0 saturated carbocycles. The van der Waals surface area contributed by atoms with Gasteiger partial charge in [0.25, 0.3) is 5.91 Å². The minimum Gasteiger partial charge on any atom is -0.468 e. The molecule has 2 N–H and O–H groups in total. The first-order valence-electron chi connectivity index (χ1n) is 11.8. The van der Waals surface area contributed by atoms with Crippen LogP contribution in [0.1, 0.15) is 26.3 Å². The van der Waals surface area contributed by atoms with Crippen LogP contribution in [0.3, 0.4) is 0 Å². The highest BCUT2D eigenvalue weighted by Crippen LogP contribution is 2.16. The monoisotopic (exact) mass is 530 g/mol. The Kier molecular flexibility index (Phi) is 8.30. The second-order valence-corrected chi connectivity index (χ2v) is 10.3. The van der Waals surface area contributed by atoms with Crippen LogP contribution in [0, 0.1) is 0 Å². The van der Waals surface area contributed by atoms with E-state index in [9.17, 15) is 22.8 Å². The van der Waals surface area contributed by atoms with Crippen molar-refractivity contribution >= 4 is 38.5 Å². The van der Waals surface area contributed by atoms with Crippen molar-refractivity contribution in [3.63, 3.8) is 0 Å². The Morgan fingerprint density at radius 2 is 1.42 bits per heavy atom. The molecule has 9 heteroatoms. The highest BCUT2D eigenvalue weighted by molar-refractivity contribution is 7.89. The molecule has 0 aliphatic heterocycles. The zero-order chi connectivity index (χ0) is 27.1. The Bertz CT molecular complexity index is 1570. The van der Waals surface area contributed by atoms with Gasteiger partial charge in [-0.05, 0) is 53.1 Å². The van der Waals surface area contributed by atoms with Crippen LogP contribution < -0.4 is 10.0 Å². The van der Waals surface area contributed by atoms with E-state index >= 15 is 0 Å². The maximum Gasteiger partial charge on any atom is 0.324 e. The summed E-state index contributed by atoms with van der Waals surface area (Å²) >= 11 is 0. The minimum atomic E-state index is -4.09. The van der Waals surface area contributed by atoms with E-state index in [0.29, 0.717) is 5.56 Å². The Hall–Kier alpha value is -4.34. The predicted molar refractivity (Wildman–Crippen MR) is 143 cm³/mol. The van der Waals surface area contributed by atoms with E-state index in [2.05, 4.69) is 10.0 Å². The standard InChI is InChI=1S/C29H26N2O6S/c1-37-29(34)26(17-20-7-3-2-4-8-20)31-38(35,36)25-15-13-22(14-16-25)28(33)30-19-27(32)24-12-11-21-9-5-6-10-23(21)18-24/h2-16,18,26,31H,17,19H2,1H3,(H,30,33). The molecule has 1 amide bonds. The van der Waals surface area contributed by atoms with E-state index in [1.54, 1.807) is 36.4 Å². The van der Waals surface area contributed by atoms with E-state index in [4.69, 9.17) is 4.74 Å². The minimum absolute atomic E-state index is 0.110. The second kappa shape index (κ2) is 11.8. The molecule has 0 bridgehead atoms. The third kappa shape index (κ3) is 6.50. The van der Waals surface area contributed by atoms with Gasteiger partial charge in [-0.3, -0.25) is 14.4 Å². The van der Waals surface area contributed by atoms with E-state index < -0.39 is 27.9 Å². The van der Waals surface area contributed by atoms with Gasteiger partial charge in [0, 0.05) is 11.1 Å². The molecule has 0 saturated heterocycles. The van der Waals surface area contributed by atoms with Crippen LogP contribution >= 0.6 is 0 Å². The van der Waals surface area contributed by atoms with Gasteiger partial charge < -0.3 is 10.1 Å². The molecule has 4 aromatic rings. The van der Waals surface area contributed by atoms with Crippen molar-refractivity contribution in [3.8, 4) is 0 Å². The molecule has 0 aliphatic rings. The number of carbonyl (C=O) groups excluding carboxylic acids is 3. The van der Waals surface area contributed by atoms with Crippen molar-refractivity contribution < 1.29 is 27.5 Å². The molecule has 0 spiro atoms. The summed E-state index contributed by atoms with van der Waals surface area (Å²) in [5.74, 6) is -1.49. The van der Waals surface area contributed by atoms with Gasteiger partial charge in [0.15, 0.2) is 5.78 Å². The molecule has 38 heavy (non-hydrogen) atoms. The fraction of sp³-hybridized carbons (Fsp3) is 0.138. The van der Waals surface area contributed by atoms with E-state index in [1.165, 1.54) is 31.4 Å². The number of esters is 1. The van der Waals surface area contributed by atoms with Crippen LogP contribution in [-0.4, -0.2) is 45.8 Å². The molecule has 194 valence electrons. The lowest BCUT2D eigenvalue weighted by Crippen LogP contribution is -2.43. The maximum atomic E-state index is 12.9. The molecule has 8 nitrogen and oxygen atoms in total. The average molecular weight is 531 g/mol. The number of ether oxygens (including phenoxy) is 1. The molecule has 0 aromatic heterocycles. The first kappa shape index (κ1) is 26.7. The molecular formula is C29H26N2O6S. The summed E-state index contributed by atoms with van der Waals surface area (Å²) < 4.78 is 33.0. The van der Waals surface area contributed by atoms with Gasteiger partial charge in [-0.2, -0.15) is 4.72 Å². The summed E-state index contributed by atoms with van der Waals surface area (Å²) in [6, 6.07) is 26.0. The van der Waals surface area contributed by atoms with E-state index in [0.717, 1.165) is 16.3 Å². The first-order valence-corrected chi connectivity index (χ1v) is 13.3. The smallest absolute Gasteiger partial charge is 0.324 e. The average Bonchev–Trinajstić information content (AvgIpc) is 2.95. The largest absolute Gasteiger partial charge is 0.468 e. The number of sulfonamides is 1. The number of ketones is 1. The maximum absolute atomic E-state index is 12.9. The number of benzene rings is 4. The van der Waals surface area contributed by atoms with Gasteiger partial charge in [-0.15, -0.1) is 0 Å². The lowest BCUT2D eigenvalue weighted by molar-refractivity contribution is -0.142. The first-order chi connectivity index (χ1) is 18.3. The van der Waals surface area contributed by atoms with Crippen LogP contribution in [0.4, 0.5) is 0 Å². The molecule has 0 radical (unpaired) electrons. The molecule has 4 aromatic carbocycles. The van der Waals surface area contributed by atoms with Crippen LogP contribution in [-0.2, 0) is 26.0 Å². The van der Waals surface area contributed by atoms with Gasteiger partial charge in [0.2, 0.25) is 10.0 Å². The van der Waals surface area contributed by atoms with Crippen LogP contribution in [0.25, 0.3) is 10.8 Å². The molecule has 4 rings (SSSR count). The summed E-state index contributed by atoms with van der Waals surface area (Å²) in [6.45, 7) is -0.209. The highest BCUT2D eigenvalue weighted by Gasteiger charge is 2.27. The lowest BCUT2D eigenvalue weighted by Gasteiger charge is -2.17. The fourth-order valence-electron chi connectivity index (χ4n) is 3.93. The van der Waals surface area contributed by atoms with Crippen LogP contribution in [0.5, 0.6) is 0 Å². The summed E-state index contributed by atoms with van der Waals surface area (Å²) in [7, 11) is -2.91. The summed E-state index contributed by atoms with van der Waals surface area (Å²) in [4.78, 5) is 37.3. The predicted octanol–water partition coefficient (Wildman–Crippen LogP) is 3.52. The summed E-state index contributed by atoms with van der Waals surface area (Å²) in [6.07, 6.45) is 0.110. The van der Waals surface area contributed by atoms with E-state index in [1.807, 2.05) is 36.4 Å². The Morgan fingerprint density at radius 3 is 2.11 bits per heavy atom. The van der Waals surface area contributed by atoms with Gasteiger partial charge in [-0.25, -0.2) is 8.42 Å². The van der Waals surface area contributed by atoms with Crippen molar-refractivity contribution in [2.24, 2.45) is 0 Å². The topological polar surface area (TPSA) is 119 Å². The molecule has 1 unspecified atom stereocenters. The van der Waals surface area contributed by atoms with Crippen molar-refractivity contribution in [2.75, 3.05) is 13.7 Å². The zero-order valence-corrected chi connectivity index (χ0v) is 21.4. The number of fused-ring (bicyclic) bond motifs is 1. The van der Waals surface area contributed by atoms with Crippen molar-refractivity contribution in [1.29, 1.82) is 0 Å². The van der Waals surface area contributed by atoms with Crippen molar-refractivity contribution in [1.82, 2.24) is 10.0 Å². The molecule has 0 fully saturated rings. The number of nitrogens with one attached hydrogen (secondary N) is 2. The zero-order valence-electron chi connectivity index (χ0n) is 20.6. The molecule has 1 atom stereocenters. The number of methoxy groups -OCH3 is 1. The molecular weight excluding hydrogens is 504 g/mol. The third-order valence-electron chi connectivity index (χ3n) is 5.97. The summed E-state index contributed by atoms with van der Waals surface area (Å²) in [5, 5.41) is 4.50. The second-order valence-electron chi connectivity index (χ2n) is 8.58. The third-order valence-corrected chi connectivity index (χ3v) is 7.46.